The maximum Gasteiger partial charge on any atom is 0.273 e. The number of nitro groups is 1. The molecule has 1 saturated heterocycles. The smallest absolute Gasteiger partial charge is 0.273 e. The molecule has 0 spiro atoms. The minimum Gasteiger partial charge on any atom is -0.489 e. The molecule has 0 bridgehead atoms. The molecule has 2 aliphatic rings. The van der Waals surface area contributed by atoms with Crippen LogP contribution in [-0.2, 0) is 4.79 Å². The Labute approximate surface area is 121 Å². The lowest BCUT2D eigenvalue weighted by atomic mass is 10.1. The van der Waals surface area contributed by atoms with E-state index in [0.717, 1.165) is 5.69 Å². The third-order valence-electron chi connectivity index (χ3n) is 3.86. The minimum absolute atomic E-state index is 0.0210. The molecule has 110 valence electrons. The standard InChI is InChI=1S/C14H15N3O4/c1-2-14(18)15-5-6-16-11(8-15)9-21-13-7-10(17(19)20)3-4-12(13)16/h2-4,7,11H,1,5-6,8-9H2/t11-/m1/s1. The largest absolute Gasteiger partial charge is 0.489 e. The van der Waals surface area contributed by atoms with Crippen molar-refractivity contribution in [2.75, 3.05) is 31.1 Å². The lowest BCUT2D eigenvalue weighted by Gasteiger charge is -2.45. The van der Waals surface area contributed by atoms with Gasteiger partial charge in [-0.15, -0.1) is 0 Å². The molecule has 1 aromatic rings. The molecule has 7 nitrogen and oxygen atoms in total. The average Bonchev–Trinajstić information content (AvgIpc) is 2.52. The first-order valence-electron chi connectivity index (χ1n) is 6.69. The molecule has 21 heavy (non-hydrogen) atoms. The zero-order valence-corrected chi connectivity index (χ0v) is 11.4. The van der Waals surface area contributed by atoms with Crippen molar-refractivity contribution in [3.63, 3.8) is 0 Å². The molecule has 3 rings (SSSR count). The van der Waals surface area contributed by atoms with E-state index in [1.165, 1.54) is 18.2 Å². The highest BCUT2D eigenvalue weighted by Gasteiger charge is 2.34. The van der Waals surface area contributed by atoms with Gasteiger partial charge in [0.15, 0.2) is 0 Å². The van der Waals surface area contributed by atoms with Crippen molar-refractivity contribution in [2.24, 2.45) is 0 Å². The first-order valence-corrected chi connectivity index (χ1v) is 6.69. The van der Waals surface area contributed by atoms with Crippen LogP contribution in [0.15, 0.2) is 30.9 Å². The summed E-state index contributed by atoms with van der Waals surface area (Å²) in [6.07, 6.45) is 1.32. The van der Waals surface area contributed by atoms with Gasteiger partial charge in [-0.25, -0.2) is 0 Å². The number of hydrogen-bond donors (Lipinski definition) is 0. The average molecular weight is 289 g/mol. The van der Waals surface area contributed by atoms with Gasteiger partial charge in [-0.3, -0.25) is 14.9 Å². The Morgan fingerprint density at radius 2 is 2.29 bits per heavy atom. The molecular formula is C14H15N3O4. The van der Waals surface area contributed by atoms with Crippen LogP contribution in [0.3, 0.4) is 0 Å². The number of fused-ring (bicyclic) bond motifs is 3. The van der Waals surface area contributed by atoms with Gasteiger partial charge in [-0.1, -0.05) is 6.58 Å². The SMILES string of the molecule is C=CC(=O)N1CCN2c3ccc([N+](=O)[O-])cc3OC[C@H]2C1. The summed E-state index contributed by atoms with van der Waals surface area (Å²) < 4.78 is 5.64. The van der Waals surface area contributed by atoms with Crippen molar-refractivity contribution in [3.8, 4) is 5.75 Å². The van der Waals surface area contributed by atoms with Gasteiger partial charge in [0.05, 0.1) is 22.7 Å². The lowest BCUT2D eigenvalue weighted by Crippen LogP contribution is -2.58. The van der Waals surface area contributed by atoms with Crippen LogP contribution < -0.4 is 9.64 Å². The van der Waals surface area contributed by atoms with Crippen LogP contribution >= 0.6 is 0 Å². The Bertz CT molecular complexity index is 616. The van der Waals surface area contributed by atoms with Gasteiger partial charge in [-0.2, -0.15) is 0 Å². The Morgan fingerprint density at radius 3 is 3.00 bits per heavy atom. The Morgan fingerprint density at radius 1 is 1.48 bits per heavy atom. The van der Waals surface area contributed by atoms with Crippen molar-refractivity contribution in [1.82, 2.24) is 4.90 Å². The number of hydrogen-bond acceptors (Lipinski definition) is 5. The topological polar surface area (TPSA) is 75.9 Å². The summed E-state index contributed by atoms with van der Waals surface area (Å²) >= 11 is 0. The van der Waals surface area contributed by atoms with Crippen molar-refractivity contribution in [1.29, 1.82) is 0 Å². The molecule has 2 aliphatic heterocycles. The number of piperazine rings is 1. The van der Waals surface area contributed by atoms with Gasteiger partial charge in [-0.05, 0) is 12.1 Å². The van der Waals surface area contributed by atoms with Crippen molar-refractivity contribution >= 4 is 17.3 Å². The molecule has 1 aromatic carbocycles. The molecule has 0 radical (unpaired) electrons. The zero-order valence-electron chi connectivity index (χ0n) is 11.4. The molecule has 0 aromatic heterocycles. The molecule has 2 heterocycles. The number of ether oxygens (including phenoxy) is 1. The number of carbonyl (C=O) groups is 1. The molecule has 1 fully saturated rings. The zero-order chi connectivity index (χ0) is 15.0. The number of amides is 1. The third kappa shape index (κ3) is 2.31. The van der Waals surface area contributed by atoms with E-state index >= 15 is 0 Å². The van der Waals surface area contributed by atoms with Crippen LogP contribution in [0.4, 0.5) is 11.4 Å². The molecule has 0 aliphatic carbocycles. The number of nitrogens with zero attached hydrogens (tertiary/aromatic N) is 3. The van der Waals surface area contributed by atoms with E-state index < -0.39 is 4.92 Å². The van der Waals surface area contributed by atoms with E-state index in [9.17, 15) is 14.9 Å². The van der Waals surface area contributed by atoms with Crippen molar-refractivity contribution in [3.05, 3.63) is 41.0 Å². The number of carbonyl (C=O) groups excluding carboxylic acids is 1. The predicted octanol–water partition coefficient (Wildman–Crippen LogP) is 1.19. The van der Waals surface area contributed by atoms with Crippen LogP contribution in [-0.4, -0.2) is 48.0 Å². The predicted molar refractivity (Wildman–Crippen MR) is 76.5 cm³/mol. The molecular weight excluding hydrogens is 274 g/mol. The summed E-state index contributed by atoms with van der Waals surface area (Å²) in [5.41, 5.74) is 0.871. The van der Waals surface area contributed by atoms with Gasteiger partial charge >= 0.3 is 0 Å². The summed E-state index contributed by atoms with van der Waals surface area (Å²) in [4.78, 5) is 25.9. The van der Waals surface area contributed by atoms with Crippen LogP contribution in [0, 0.1) is 10.1 Å². The highest BCUT2D eigenvalue weighted by molar-refractivity contribution is 5.87. The van der Waals surface area contributed by atoms with Crippen LogP contribution in [0.2, 0.25) is 0 Å². The second kappa shape index (κ2) is 5.08. The number of rotatable bonds is 2. The Balaban J connectivity index is 1.84. The second-order valence-electron chi connectivity index (χ2n) is 5.06. The Hall–Kier alpha value is -2.57. The molecule has 0 N–H and O–H groups in total. The van der Waals surface area contributed by atoms with E-state index in [0.29, 0.717) is 32.0 Å². The van der Waals surface area contributed by atoms with E-state index in [1.807, 2.05) is 0 Å². The van der Waals surface area contributed by atoms with E-state index in [1.54, 1.807) is 11.0 Å². The number of nitro benzene ring substituents is 1. The first-order chi connectivity index (χ1) is 10.1. The fourth-order valence-electron chi connectivity index (χ4n) is 2.80. The second-order valence-corrected chi connectivity index (χ2v) is 5.06. The van der Waals surface area contributed by atoms with Crippen molar-refractivity contribution < 1.29 is 14.5 Å². The highest BCUT2D eigenvalue weighted by atomic mass is 16.6. The molecule has 1 amide bonds. The van der Waals surface area contributed by atoms with Crippen LogP contribution in [0.1, 0.15) is 0 Å². The summed E-state index contributed by atoms with van der Waals surface area (Å²) in [6.45, 7) is 5.77. The summed E-state index contributed by atoms with van der Waals surface area (Å²) in [5.74, 6) is 0.452. The van der Waals surface area contributed by atoms with Gasteiger partial charge in [0.1, 0.15) is 12.4 Å². The maximum atomic E-state index is 11.7. The van der Waals surface area contributed by atoms with Gasteiger partial charge in [0.25, 0.3) is 5.69 Å². The summed E-state index contributed by atoms with van der Waals surface area (Å²) in [7, 11) is 0. The summed E-state index contributed by atoms with van der Waals surface area (Å²) in [6, 6.07) is 4.71. The van der Waals surface area contributed by atoms with Crippen LogP contribution in [0.25, 0.3) is 0 Å². The highest BCUT2D eigenvalue weighted by Crippen LogP contribution is 2.37. The van der Waals surface area contributed by atoms with E-state index in [4.69, 9.17) is 4.74 Å². The van der Waals surface area contributed by atoms with Crippen molar-refractivity contribution in [2.45, 2.75) is 6.04 Å². The number of anilines is 1. The number of non-ortho nitro benzene ring substituents is 1. The summed E-state index contributed by atoms with van der Waals surface area (Å²) in [5, 5.41) is 10.8. The fourth-order valence-corrected chi connectivity index (χ4v) is 2.80. The normalized spacial score (nSPS) is 20.1. The molecule has 0 unspecified atom stereocenters. The fraction of sp³-hybridized carbons (Fsp3) is 0.357. The first kappa shape index (κ1) is 13.4. The minimum atomic E-state index is -0.434. The van der Waals surface area contributed by atoms with Crippen LogP contribution in [0.5, 0.6) is 5.75 Å². The number of benzene rings is 1. The maximum absolute atomic E-state index is 11.7. The third-order valence-corrected chi connectivity index (χ3v) is 3.86. The quantitative estimate of drug-likeness (QED) is 0.464. The van der Waals surface area contributed by atoms with Gasteiger partial charge in [0, 0.05) is 25.7 Å². The van der Waals surface area contributed by atoms with Gasteiger partial charge < -0.3 is 14.5 Å². The van der Waals surface area contributed by atoms with E-state index in [-0.39, 0.29) is 17.6 Å². The van der Waals surface area contributed by atoms with Gasteiger partial charge in [0.2, 0.25) is 5.91 Å². The lowest BCUT2D eigenvalue weighted by molar-refractivity contribution is -0.384. The molecule has 1 atom stereocenters. The molecule has 7 heteroatoms. The monoisotopic (exact) mass is 289 g/mol. The van der Waals surface area contributed by atoms with E-state index in [2.05, 4.69) is 11.5 Å². The molecule has 0 saturated carbocycles. The Kier molecular flexibility index (Phi) is 3.25.